The molecule has 4 nitrogen and oxygen atoms in total. The maximum absolute atomic E-state index is 11.1. The molecule has 1 unspecified atom stereocenters. The van der Waals surface area contributed by atoms with Gasteiger partial charge in [-0.3, -0.25) is 0 Å². The lowest BCUT2D eigenvalue weighted by Gasteiger charge is -2.13. The predicted octanol–water partition coefficient (Wildman–Crippen LogP) is 1.86. The molecule has 0 radical (unpaired) electrons. The molecule has 0 aliphatic rings. The van der Waals surface area contributed by atoms with Crippen molar-refractivity contribution in [3.05, 3.63) is 23.2 Å². The van der Waals surface area contributed by atoms with Gasteiger partial charge in [0.1, 0.15) is 5.75 Å². The molecule has 0 saturated carbocycles. The number of hydrogen-bond acceptors (Lipinski definition) is 4. The van der Waals surface area contributed by atoms with E-state index in [1.807, 2.05) is 0 Å². The molecular weight excluding hydrogens is 218 g/mol. The number of carbonyl (C=O) groups is 1. The first kappa shape index (κ1) is 11.7. The Hall–Kier alpha value is -1.42. The Morgan fingerprint density at radius 1 is 1.53 bits per heavy atom. The summed E-state index contributed by atoms with van der Waals surface area (Å²) in [5, 5.41) is 0.403. The Morgan fingerprint density at radius 3 is 2.80 bits per heavy atom. The van der Waals surface area contributed by atoms with Crippen molar-refractivity contribution in [1.29, 1.82) is 0 Å². The van der Waals surface area contributed by atoms with Crippen LogP contribution < -0.4 is 10.5 Å². The van der Waals surface area contributed by atoms with E-state index in [4.69, 9.17) is 22.1 Å². The Balaban J connectivity index is 2.80. The standard InChI is InChI=1S/C10H12ClNO3/c1-6(10(13)14-2)15-9-5-7(12)3-4-8(9)11/h3-6H,12H2,1-2H3. The number of rotatable bonds is 3. The third-order valence-corrected chi connectivity index (χ3v) is 2.10. The van der Waals surface area contributed by atoms with Crippen molar-refractivity contribution in [2.45, 2.75) is 13.0 Å². The molecule has 1 aromatic carbocycles. The number of halogens is 1. The van der Waals surface area contributed by atoms with Crippen LogP contribution >= 0.6 is 11.6 Å². The lowest BCUT2D eigenvalue weighted by Crippen LogP contribution is -2.25. The van der Waals surface area contributed by atoms with E-state index in [-0.39, 0.29) is 0 Å². The van der Waals surface area contributed by atoms with E-state index in [0.717, 1.165) is 0 Å². The fraction of sp³-hybridized carbons (Fsp3) is 0.300. The lowest BCUT2D eigenvalue weighted by atomic mass is 10.3. The molecule has 0 aliphatic carbocycles. The van der Waals surface area contributed by atoms with Gasteiger partial charge in [-0.25, -0.2) is 4.79 Å². The number of carbonyl (C=O) groups excluding carboxylic acids is 1. The summed E-state index contributed by atoms with van der Waals surface area (Å²) in [7, 11) is 1.29. The van der Waals surface area contributed by atoms with E-state index >= 15 is 0 Å². The molecule has 1 aromatic rings. The molecule has 1 rings (SSSR count). The van der Waals surface area contributed by atoms with E-state index in [2.05, 4.69) is 4.74 Å². The van der Waals surface area contributed by atoms with Gasteiger partial charge in [-0.1, -0.05) is 11.6 Å². The number of methoxy groups -OCH3 is 1. The Morgan fingerprint density at radius 2 is 2.20 bits per heavy atom. The highest BCUT2D eigenvalue weighted by Crippen LogP contribution is 2.27. The molecule has 2 N–H and O–H groups in total. The van der Waals surface area contributed by atoms with Crippen LogP contribution in [0, 0.1) is 0 Å². The van der Waals surface area contributed by atoms with Crippen LogP contribution in [0.4, 0.5) is 5.69 Å². The van der Waals surface area contributed by atoms with Crippen LogP contribution in [0.5, 0.6) is 5.75 Å². The van der Waals surface area contributed by atoms with Crippen LogP contribution in [-0.4, -0.2) is 19.2 Å². The molecule has 82 valence electrons. The van der Waals surface area contributed by atoms with E-state index in [0.29, 0.717) is 16.5 Å². The van der Waals surface area contributed by atoms with Crippen molar-refractivity contribution in [2.75, 3.05) is 12.8 Å². The van der Waals surface area contributed by atoms with Gasteiger partial charge in [0.05, 0.1) is 12.1 Å². The zero-order valence-electron chi connectivity index (χ0n) is 8.49. The van der Waals surface area contributed by atoms with Crippen molar-refractivity contribution < 1.29 is 14.3 Å². The number of nitrogens with two attached hydrogens (primary N) is 1. The number of esters is 1. The topological polar surface area (TPSA) is 61.5 Å². The molecule has 0 saturated heterocycles. The summed E-state index contributed by atoms with van der Waals surface area (Å²) in [5.74, 6) is -0.0944. The number of anilines is 1. The molecule has 0 aromatic heterocycles. The molecule has 15 heavy (non-hydrogen) atoms. The first-order valence-corrected chi connectivity index (χ1v) is 4.72. The maximum atomic E-state index is 11.1. The summed E-state index contributed by atoms with van der Waals surface area (Å²) in [6, 6.07) is 4.82. The third kappa shape index (κ3) is 3.02. The molecule has 5 heteroatoms. The molecular formula is C10H12ClNO3. The van der Waals surface area contributed by atoms with Crippen LogP contribution in [0.2, 0.25) is 5.02 Å². The molecule has 0 amide bonds. The summed E-state index contributed by atoms with van der Waals surface area (Å²) in [4.78, 5) is 11.1. The number of hydrogen-bond donors (Lipinski definition) is 1. The van der Waals surface area contributed by atoms with Crippen molar-refractivity contribution in [1.82, 2.24) is 0 Å². The van der Waals surface area contributed by atoms with Gasteiger partial charge < -0.3 is 15.2 Å². The summed E-state index contributed by atoms with van der Waals surface area (Å²) < 4.78 is 9.81. The van der Waals surface area contributed by atoms with Crippen molar-refractivity contribution in [3.63, 3.8) is 0 Å². The molecule has 0 aliphatic heterocycles. The molecule has 1 atom stereocenters. The van der Waals surface area contributed by atoms with Gasteiger partial charge in [0.15, 0.2) is 6.10 Å². The summed E-state index contributed by atoms with van der Waals surface area (Å²) in [6.07, 6.45) is -0.714. The van der Waals surface area contributed by atoms with Gasteiger partial charge in [0.2, 0.25) is 0 Å². The van der Waals surface area contributed by atoms with Crippen LogP contribution in [0.3, 0.4) is 0 Å². The van der Waals surface area contributed by atoms with Crippen LogP contribution in [0.1, 0.15) is 6.92 Å². The monoisotopic (exact) mass is 229 g/mol. The Bertz CT molecular complexity index is 368. The average Bonchev–Trinajstić information content (AvgIpc) is 2.22. The average molecular weight is 230 g/mol. The minimum Gasteiger partial charge on any atom is -0.477 e. The van der Waals surface area contributed by atoms with E-state index in [9.17, 15) is 4.79 Å². The van der Waals surface area contributed by atoms with Crippen LogP contribution in [0.15, 0.2) is 18.2 Å². The van der Waals surface area contributed by atoms with Gasteiger partial charge in [-0.2, -0.15) is 0 Å². The SMILES string of the molecule is COC(=O)C(C)Oc1cc(N)ccc1Cl. The van der Waals surface area contributed by atoms with Crippen molar-refractivity contribution in [3.8, 4) is 5.75 Å². The van der Waals surface area contributed by atoms with Crippen LogP contribution in [0.25, 0.3) is 0 Å². The molecule has 0 bridgehead atoms. The minimum atomic E-state index is -0.714. The van der Waals surface area contributed by atoms with Gasteiger partial charge >= 0.3 is 5.97 Å². The number of benzene rings is 1. The Labute approximate surface area is 92.9 Å². The summed E-state index contributed by atoms with van der Waals surface area (Å²) in [6.45, 7) is 1.57. The van der Waals surface area contributed by atoms with Crippen molar-refractivity contribution in [2.24, 2.45) is 0 Å². The quantitative estimate of drug-likeness (QED) is 0.635. The highest BCUT2D eigenvalue weighted by Gasteiger charge is 2.16. The smallest absolute Gasteiger partial charge is 0.346 e. The van der Waals surface area contributed by atoms with Gasteiger partial charge in [0, 0.05) is 11.8 Å². The van der Waals surface area contributed by atoms with E-state index < -0.39 is 12.1 Å². The second kappa shape index (κ2) is 4.89. The summed E-state index contributed by atoms with van der Waals surface area (Å²) >= 11 is 5.86. The van der Waals surface area contributed by atoms with Crippen LogP contribution in [-0.2, 0) is 9.53 Å². The third-order valence-electron chi connectivity index (χ3n) is 1.79. The second-order valence-electron chi connectivity index (χ2n) is 2.97. The first-order valence-electron chi connectivity index (χ1n) is 4.34. The molecule has 0 spiro atoms. The molecule has 0 heterocycles. The lowest BCUT2D eigenvalue weighted by molar-refractivity contribution is -0.147. The number of ether oxygens (including phenoxy) is 2. The van der Waals surface area contributed by atoms with Gasteiger partial charge in [-0.05, 0) is 19.1 Å². The fourth-order valence-electron chi connectivity index (χ4n) is 1.01. The normalized spacial score (nSPS) is 11.9. The second-order valence-corrected chi connectivity index (χ2v) is 3.38. The zero-order chi connectivity index (χ0) is 11.4. The Kier molecular flexibility index (Phi) is 3.80. The van der Waals surface area contributed by atoms with E-state index in [1.54, 1.807) is 25.1 Å². The zero-order valence-corrected chi connectivity index (χ0v) is 9.25. The van der Waals surface area contributed by atoms with E-state index in [1.165, 1.54) is 7.11 Å². The predicted molar refractivity (Wildman–Crippen MR) is 58.0 cm³/mol. The fourth-order valence-corrected chi connectivity index (χ4v) is 1.18. The molecule has 0 fully saturated rings. The van der Waals surface area contributed by atoms with Crippen molar-refractivity contribution >= 4 is 23.3 Å². The number of nitrogen functional groups attached to an aromatic ring is 1. The largest absolute Gasteiger partial charge is 0.477 e. The minimum absolute atomic E-state index is 0.370. The van der Waals surface area contributed by atoms with Gasteiger partial charge in [0.25, 0.3) is 0 Å². The maximum Gasteiger partial charge on any atom is 0.346 e. The summed E-state index contributed by atoms with van der Waals surface area (Å²) in [5.41, 5.74) is 6.08. The highest BCUT2D eigenvalue weighted by molar-refractivity contribution is 6.32. The van der Waals surface area contributed by atoms with Gasteiger partial charge in [-0.15, -0.1) is 0 Å². The highest BCUT2D eigenvalue weighted by atomic mass is 35.5. The first-order chi connectivity index (χ1) is 7.04.